The molecule has 656 valence electrons. The minimum absolute atomic E-state index is 0.00121. The monoisotopic (exact) mass is 1670 g/mol. The number of carbonyl (C=O) groups excluding carboxylic acids is 14. The van der Waals surface area contributed by atoms with Gasteiger partial charge in [-0.25, -0.2) is 19.4 Å². The van der Waals surface area contributed by atoms with Crippen molar-refractivity contribution in [2.24, 2.45) is 35.3 Å². The number of carbonyl (C=O) groups is 14. The maximum Gasteiger partial charge on any atom is 0.415 e. The van der Waals surface area contributed by atoms with Crippen molar-refractivity contribution in [3.05, 3.63) is 87.9 Å². The second-order valence-corrected chi connectivity index (χ2v) is 32.1. The lowest BCUT2D eigenvalue weighted by Crippen LogP contribution is -2.59. The molecule has 1 saturated heterocycles. The highest BCUT2D eigenvalue weighted by atomic mass is 32.1. The molecule has 3 heterocycles. The molecular weight excluding hydrogens is 1540 g/mol. The molecule has 1 fully saturated rings. The smallest absolute Gasteiger partial charge is 0.415 e. The average Bonchev–Trinajstić information content (AvgIpc) is 1.31. The van der Waals surface area contributed by atoms with Crippen LogP contribution < -0.4 is 53.0 Å². The van der Waals surface area contributed by atoms with Crippen LogP contribution in [0.2, 0.25) is 0 Å². The van der Waals surface area contributed by atoms with Crippen LogP contribution in [0, 0.1) is 36.5 Å². The van der Waals surface area contributed by atoms with Crippen LogP contribution in [0.5, 0.6) is 5.75 Å². The van der Waals surface area contributed by atoms with Gasteiger partial charge >= 0.3 is 30.2 Å². The quantitative estimate of drug-likeness (QED) is 0.00912. The molecule has 0 saturated carbocycles. The van der Waals surface area contributed by atoms with E-state index in [1.54, 1.807) is 50.7 Å². The third-order valence-corrected chi connectivity index (χ3v) is 20.5. The Morgan fingerprint density at radius 2 is 1.36 bits per heavy atom. The van der Waals surface area contributed by atoms with E-state index in [1.165, 1.54) is 21.6 Å². The maximum atomic E-state index is 14.9. The van der Waals surface area contributed by atoms with Crippen molar-refractivity contribution >= 4 is 100 Å². The number of hydrogen-bond donors (Lipinski definition) is 9. The predicted octanol–water partition coefficient (Wildman–Crippen LogP) is 6.89. The van der Waals surface area contributed by atoms with E-state index in [9.17, 15) is 67.1 Å². The summed E-state index contributed by atoms with van der Waals surface area (Å²) in [6.07, 6.45) is 5.54. The largest absolute Gasteiger partial charge is 0.455 e. The average molecular weight is 1670 g/mol. The van der Waals surface area contributed by atoms with Gasteiger partial charge in [0.25, 0.3) is 17.7 Å². The summed E-state index contributed by atoms with van der Waals surface area (Å²) in [7, 11) is 5.08. The van der Waals surface area contributed by atoms with Crippen LogP contribution in [0.15, 0.2) is 66.1 Å². The zero-order valence-corrected chi connectivity index (χ0v) is 72.5. The number of aromatic nitrogens is 1. The number of imide groups is 1. The number of amides is 13. The second kappa shape index (κ2) is 52.6. The van der Waals surface area contributed by atoms with Crippen LogP contribution in [0.1, 0.15) is 186 Å². The van der Waals surface area contributed by atoms with Crippen LogP contribution in [0.25, 0.3) is 0 Å². The number of urea groups is 1. The van der Waals surface area contributed by atoms with Gasteiger partial charge in [-0.1, -0.05) is 112 Å². The predicted molar refractivity (Wildman–Crippen MR) is 445 cm³/mol. The zero-order valence-electron chi connectivity index (χ0n) is 71.7. The molecular formula is C83H129N15O19S. The molecule has 5 rings (SSSR count). The highest BCUT2D eigenvalue weighted by molar-refractivity contribution is 7.09. The normalized spacial score (nSPS) is 15.1. The molecule has 0 spiro atoms. The first-order valence-electron chi connectivity index (χ1n) is 40.8. The number of primary amides is 1. The summed E-state index contributed by atoms with van der Waals surface area (Å²) in [5.74, 6) is -4.40. The lowest BCUT2D eigenvalue weighted by molar-refractivity contribution is -0.161. The van der Waals surface area contributed by atoms with Crippen molar-refractivity contribution in [1.29, 1.82) is 0 Å². The SMILES string of the molecule is CCOC(=O)N(C)CCN(C)C(=O)Oc1ccc(CC(CC(C)C)NC(=O)c2csc(C(CC(C(C)C)N(COC(=O)CC(C)C)C(=O)C(NC(=O)C3CCCCN3C)C(C)CC)OC(C)=O)n2)cc1.Cc1ccc(NC(=O)[C@H](CCCNC(N)=O)NC(=O)[C@@H](NCCNC(=O)CCOCCNC(=O)CCN2C(=O)C=CC2=O)C(C)C)cc1. The molecule has 10 N–H and O–H groups in total. The molecule has 8 atom stereocenters. The fourth-order valence-corrected chi connectivity index (χ4v) is 13.6. The standard InChI is InChI=1S/C51H81N7O11S.C32H48N8O8/c1-14-35(9)45(54-47(62)41-18-16-17-23-55(41)11)49(63)58(31-67-44(60)27-33(5)6)42(34(7)8)29-43(68-36(10)59)48-53-40(30-70-48)46(61)52-38(26-32(3)4)28-37-19-21-39(22-20-37)69-51(65)57(13)25-24-56(12)50(64)66-15-2;1-21(2)29(31(46)39-24(5-4-14-37-32(33)47)30(45)38-23-8-6-22(3)7-9-23)36-16-15-34-26(42)13-19-48-20-17-35-25(41)12-18-40-27(43)10-11-28(40)44/h19-22,30,32-35,38,41-43,45H,14-18,23-29,31H2,1-13H3,(H,52,61)(H,54,62);6-11,21,24,29,36H,4-5,12-20H2,1-3H3,(H,34,42)(H,35,41)(H,38,45)(H,39,46)(H3,33,37,47)/t;24-,29-/m.0/s1. The number of anilines is 1. The summed E-state index contributed by atoms with van der Waals surface area (Å²) < 4.78 is 27.6. The number of likely N-dealkylation sites (tertiary alicyclic amines) is 1. The molecule has 0 radical (unpaired) electrons. The Morgan fingerprint density at radius 3 is 1.96 bits per heavy atom. The van der Waals surface area contributed by atoms with Gasteiger partial charge in [0.1, 0.15) is 28.5 Å². The third-order valence-electron chi connectivity index (χ3n) is 19.6. The minimum Gasteiger partial charge on any atom is -0.455 e. The van der Waals surface area contributed by atoms with Gasteiger partial charge in [-0.3, -0.25) is 62.5 Å². The third kappa shape index (κ3) is 36.8. The van der Waals surface area contributed by atoms with E-state index in [-0.39, 0.29) is 169 Å². The van der Waals surface area contributed by atoms with Gasteiger partial charge in [0.05, 0.1) is 31.9 Å². The molecule has 35 heteroatoms. The minimum atomic E-state index is -0.976. The number of ether oxygens (including phenoxy) is 5. The number of thiazole rings is 1. The van der Waals surface area contributed by atoms with Crippen LogP contribution in [0.3, 0.4) is 0 Å². The summed E-state index contributed by atoms with van der Waals surface area (Å²) in [5, 5.41) is 24.8. The van der Waals surface area contributed by atoms with E-state index >= 15 is 0 Å². The summed E-state index contributed by atoms with van der Waals surface area (Å²) in [6.45, 7) is 26.8. The van der Waals surface area contributed by atoms with Gasteiger partial charge in [-0.05, 0) is 125 Å². The first-order chi connectivity index (χ1) is 55.9. The van der Waals surface area contributed by atoms with Crippen molar-refractivity contribution in [1.82, 2.24) is 66.7 Å². The number of nitrogens with two attached hydrogens (primary N) is 1. The molecule has 0 aliphatic carbocycles. The second-order valence-electron chi connectivity index (χ2n) is 31.2. The van der Waals surface area contributed by atoms with Gasteiger partial charge in [-0.2, -0.15) is 0 Å². The van der Waals surface area contributed by atoms with E-state index in [0.29, 0.717) is 55.1 Å². The molecule has 1 aromatic heterocycles. The maximum absolute atomic E-state index is 14.9. The molecule has 0 bridgehead atoms. The summed E-state index contributed by atoms with van der Waals surface area (Å²) in [4.78, 5) is 189. The number of piperidine rings is 1. The molecule has 2 aromatic carbocycles. The highest BCUT2D eigenvalue weighted by Gasteiger charge is 2.40. The fraction of sp³-hybridized carbons (Fsp3) is 0.627. The number of nitrogens with one attached hydrogen (secondary N) is 8. The van der Waals surface area contributed by atoms with E-state index in [0.717, 1.165) is 58.9 Å². The Morgan fingerprint density at radius 1 is 0.703 bits per heavy atom. The van der Waals surface area contributed by atoms with Crippen LogP contribution in [-0.2, 0) is 73.3 Å². The van der Waals surface area contributed by atoms with Gasteiger partial charge in [-0.15, -0.1) is 11.3 Å². The summed E-state index contributed by atoms with van der Waals surface area (Å²) in [6, 6.07) is 9.86. The number of rotatable bonds is 48. The zero-order chi connectivity index (χ0) is 87.7. The first-order valence-corrected chi connectivity index (χ1v) is 41.7. The number of benzene rings is 2. The van der Waals surface area contributed by atoms with Crippen molar-refractivity contribution in [3.63, 3.8) is 0 Å². The molecule has 118 heavy (non-hydrogen) atoms. The Balaban J connectivity index is 0.000000532. The molecule has 6 unspecified atom stereocenters. The van der Waals surface area contributed by atoms with E-state index < -0.39 is 90.0 Å². The summed E-state index contributed by atoms with van der Waals surface area (Å²) in [5.41, 5.74) is 7.78. The Labute approximate surface area is 698 Å². The Bertz CT molecular complexity index is 3770. The fourth-order valence-electron chi connectivity index (χ4n) is 12.7. The van der Waals surface area contributed by atoms with Gasteiger partial charge in [0, 0.05) is 128 Å². The van der Waals surface area contributed by atoms with Gasteiger partial charge in [0.2, 0.25) is 35.4 Å². The van der Waals surface area contributed by atoms with Crippen LogP contribution in [0.4, 0.5) is 20.1 Å². The molecule has 3 aromatic rings. The van der Waals surface area contributed by atoms with Crippen molar-refractivity contribution in [2.45, 2.75) is 209 Å². The Hall–Kier alpha value is -10.1. The first kappa shape index (κ1) is 100. The molecule has 2 aliphatic rings. The van der Waals surface area contributed by atoms with Gasteiger partial charge < -0.3 is 86.7 Å². The van der Waals surface area contributed by atoms with Crippen molar-refractivity contribution < 1.29 is 90.8 Å². The number of esters is 2. The lowest BCUT2D eigenvalue weighted by Gasteiger charge is -2.39. The number of likely N-dealkylation sites (N-methyl/N-ethyl adjacent to an activating group) is 3. The number of hydrogen-bond acceptors (Lipinski definition) is 23. The van der Waals surface area contributed by atoms with Crippen molar-refractivity contribution in [2.75, 3.05) is 105 Å². The molecule has 2 aliphatic heterocycles. The summed E-state index contributed by atoms with van der Waals surface area (Å²) >= 11 is 1.16. The van der Waals surface area contributed by atoms with E-state index in [1.807, 2.05) is 98.5 Å². The number of aryl methyl sites for hydroxylation is 1. The van der Waals surface area contributed by atoms with Crippen LogP contribution in [-0.4, -0.2) is 249 Å². The van der Waals surface area contributed by atoms with Crippen LogP contribution >= 0.6 is 11.3 Å². The lowest BCUT2D eigenvalue weighted by atomic mass is 9.92. The Kier molecular flexibility index (Phi) is 44.7. The topological polar surface area (TPSA) is 436 Å². The van der Waals surface area contributed by atoms with E-state index in [4.69, 9.17) is 34.4 Å². The molecule has 13 amide bonds. The number of nitrogens with zero attached hydrogens (tertiary/aromatic N) is 6. The highest BCUT2D eigenvalue weighted by Crippen LogP contribution is 2.33. The van der Waals surface area contributed by atoms with E-state index in [2.05, 4.69) is 56.4 Å². The molecule has 34 nitrogen and oxygen atoms in total. The van der Waals surface area contributed by atoms with Gasteiger partial charge in [0.15, 0.2) is 12.8 Å². The van der Waals surface area contributed by atoms with Crippen molar-refractivity contribution in [3.8, 4) is 5.75 Å².